The summed E-state index contributed by atoms with van der Waals surface area (Å²) < 4.78 is 5.48. The minimum atomic E-state index is -0.183. The zero-order valence-electron chi connectivity index (χ0n) is 18.8. The molecule has 1 aliphatic rings. The number of benzene rings is 1. The number of hydrogen-bond acceptors (Lipinski definition) is 6. The van der Waals surface area contributed by atoms with Crippen LogP contribution in [-0.4, -0.2) is 47.6 Å². The second kappa shape index (κ2) is 12.5. The maximum Gasteiger partial charge on any atom is 3.00 e. The standard InChI is InChI=1S/C13H13N2O2.C11H15N3O.Mn/c1-8-4-5-10-9(7-8)13(16)15-12(14-10)11-3-2-6-17-11;1-4-14(5-2)9-6-7-10(13-8-9)11(15)12-3;/h2,4-5,7,11H,3,6H2,1H3,(H,14,15,16);6-8H,1-2,4-5H2,3H3,(H,12,15);/q-1;-2;+3/t11-;;/m1../s1. The van der Waals surface area contributed by atoms with Gasteiger partial charge in [0.2, 0.25) is 0 Å². The first kappa shape index (κ1) is 26.5. The first-order valence-corrected chi connectivity index (χ1v) is 10.4. The summed E-state index contributed by atoms with van der Waals surface area (Å²) in [4.78, 5) is 36.5. The molecule has 1 amide bonds. The monoisotopic (exact) mass is 489 g/mol. The van der Waals surface area contributed by atoms with Gasteiger partial charge in [-0.25, -0.2) is 9.97 Å². The van der Waals surface area contributed by atoms with Crippen molar-refractivity contribution in [2.45, 2.75) is 19.4 Å². The van der Waals surface area contributed by atoms with Gasteiger partial charge in [-0.2, -0.15) is 0 Å². The zero-order valence-corrected chi connectivity index (χ0v) is 20.0. The van der Waals surface area contributed by atoms with Crippen molar-refractivity contribution in [1.82, 2.24) is 20.3 Å². The van der Waals surface area contributed by atoms with Crippen LogP contribution in [0.1, 0.15) is 34.4 Å². The summed E-state index contributed by atoms with van der Waals surface area (Å²) >= 11 is 0. The van der Waals surface area contributed by atoms with E-state index in [0.29, 0.717) is 36.6 Å². The van der Waals surface area contributed by atoms with Gasteiger partial charge >= 0.3 is 17.1 Å². The molecule has 0 spiro atoms. The number of carbonyl (C=O) groups excluding carboxylic acids is 1. The number of hydrogen-bond donors (Lipinski definition) is 2. The molecule has 8 nitrogen and oxygen atoms in total. The number of nitrogens with zero attached hydrogens (tertiary/aromatic N) is 3. The number of ether oxygens (including phenoxy) is 1. The number of carbonyl (C=O) groups is 1. The van der Waals surface area contributed by atoms with Crippen LogP contribution in [0.2, 0.25) is 0 Å². The number of aryl methyl sites for hydroxylation is 1. The number of aromatic amines is 1. The minimum Gasteiger partial charge on any atom is -0.430 e. The summed E-state index contributed by atoms with van der Waals surface area (Å²) in [7, 11) is 1.58. The van der Waals surface area contributed by atoms with Crippen molar-refractivity contribution in [3.63, 3.8) is 0 Å². The Labute approximate surface area is 204 Å². The molecule has 3 aromatic rings. The molecule has 9 heteroatoms. The maximum atomic E-state index is 11.9. The van der Waals surface area contributed by atoms with E-state index in [4.69, 9.17) is 4.74 Å². The summed E-state index contributed by atoms with van der Waals surface area (Å²) in [5.74, 6) is 0.442. The Morgan fingerprint density at radius 1 is 1.30 bits per heavy atom. The molecule has 2 aromatic heterocycles. The van der Waals surface area contributed by atoms with Crippen molar-refractivity contribution in [3.05, 3.63) is 84.2 Å². The van der Waals surface area contributed by atoms with Crippen LogP contribution >= 0.6 is 0 Å². The Bertz CT molecular complexity index is 1110. The summed E-state index contributed by atoms with van der Waals surface area (Å²) in [6.07, 6.45) is 4.40. The van der Waals surface area contributed by atoms with Gasteiger partial charge < -0.3 is 40.2 Å². The van der Waals surface area contributed by atoms with Crippen LogP contribution in [0, 0.1) is 27.2 Å². The number of H-pyrrole nitrogens is 1. The third-order valence-corrected chi connectivity index (χ3v) is 5.09. The molecular weight excluding hydrogens is 461 g/mol. The summed E-state index contributed by atoms with van der Waals surface area (Å²) in [5, 5.41) is 3.15. The van der Waals surface area contributed by atoms with Gasteiger partial charge in [0.15, 0.2) is 0 Å². The van der Waals surface area contributed by atoms with E-state index in [9.17, 15) is 9.59 Å². The molecule has 3 heterocycles. The van der Waals surface area contributed by atoms with Crippen molar-refractivity contribution in [1.29, 1.82) is 0 Å². The smallest absolute Gasteiger partial charge is 0.430 e. The summed E-state index contributed by atoms with van der Waals surface area (Å²) in [6.45, 7) is 11.4. The first-order valence-electron chi connectivity index (χ1n) is 10.4. The van der Waals surface area contributed by atoms with Gasteiger partial charge in [0.25, 0.3) is 11.5 Å². The molecule has 1 saturated heterocycles. The van der Waals surface area contributed by atoms with E-state index in [0.717, 1.165) is 23.2 Å². The van der Waals surface area contributed by atoms with Crippen molar-refractivity contribution >= 4 is 22.5 Å². The molecular formula is C24H28MnN5O3. The van der Waals surface area contributed by atoms with E-state index in [1.807, 2.05) is 42.5 Å². The number of anilines is 1. The van der Waals surface area contributed by atoms with Crippen molar-refractivity contribution in [2.75, 3.05) is 31.6 Å². The average molecular weight is 489 g/mol. The summed E-state index contributed by atoms with van der Waals surface area (Å²) in [6, 6.07) is 9.22. The van der Waals surface area contributed by atoms with E-state index in [1.165, 1.54) is 0 Å². The molecule has 0 saturated carbocycles. The number of fused-ring (bicyclic) bond motifs is 1. The van der Waals surface area contributed by atoms with Gasteiger partial charge in [-0.3, -0.25) is 9.59 Å². The second-order valence-corrected chi connectivity index (χ2v) is 7.29. The van der Waals surface area contributed by atoms with Crippen LogP contribution in [0.15, 0.2) is 41.3 Å². The second-order valence-electron chi connectivity index (χ2n) is 7.29. The zero-order chi connectivity index (χ0) is 23.1. The topological polar surface area (TPSA) is 100 Å². The quantitative estimate of drug-likeness (QED) is 0.422. The number of aromatic nitrogens is 3. The molecule has 1 fully saturated rings. The minimum absolute atomic E-state index is 0. The number of rotatable bonds is 5. The van der Waals surface area contributed by atoms with Crippen LogP contribution in [0.4, 0.5) is 5.69 Å². The molecule has 1 atom stereocenters. The Morgan fingerprint density at radius 3 is 2.64 bits per heavy atom. The van der Waals surface area contributed by atoms with E-state index >= 15 is 0 Å². The van der Waals surface area contributed by atoms with Gasteiger partial charge in [-0.1, -0.05) is 18.2 Å². The largest absolute Gasteiger partial charge is 3.00 e. The fraction of sp³-hybridized carbons (Fsp3) is 0.292. The molecule has 0 bridgehead atoms. The van der Waals surface area contributed by atoms with E-state index < -0.39 is 0 Å². The van der Waals surface area contributed by atoms with Crippen LogP contribution < -0.4 is 15.8 Å². The Hall–Kier alpha value is -2.74. The fourth-order valence-electron chi connectivity index (χ4n) is 3.29. The molecule has 2 N–H and O–H groups in total. The number of pyridine rings is 1. The number of amides is 1. The van der Waals surface area contributed by atoms with Gasteiger partial charge in [0.05, 0.1) is 28.9 Å². The van der Waals surface area contributed by atoms with Gasteiger partial charge in [0, 0.05) is 7.05 Å². The van der Waals surface area contributed by atoms with Gasteiger partial charge in [0.1, 0.15) is 11.5 Å². The summed E-state index contributed by atoms with van der Waals surface area (Å²) in [5.41, 5.74) is 3.03. The molecule has 0 aliphatic carbocycles. The number of nitrogens with one attached hydrogen (secondary N) is 2. The van der Waals surface area contributed by atoms with Crippen molar-refractivity contribution in [3.8, 4) is 0 Å². The van der Waals surface area contributed by atoms with Gasteiger partial charge in [-0.15, -0.1) is 19.5 Å². The Kier molecular flexibility index (Phi) is 10.0. The molecule has 4 rings (SSSR count). The first-order chi connectivity index (χ1) is 15.5. The van der Waals surface area contributed by atoms with E-state index in [-0.39, 0.29) is 34.6 Å². The molecule has 174 valence electrons. The van der Waals surface area contributed by atoms with Crippen LogP contribution in [0.3, 0.4) is 0 Å². The van der Waals surface area contributed by atoms with Gasteiger partial charge in [-0.05, 0) is 31.2 Å². The predicted octanol–water partition coefficient (Wildman–Crippen LogP) is 2.81. The molecule has 0 unspecified atom stereocenters. The molecule has 1 aromatic carbocycles. The van der Waals surface area contributed by atoms with Crippen LogP contribution in [0.5, 0.6) is 0 Å². The SMILES string of the molecule is Cc1ccc2nc([C@H]3C[CH-]CO3)[nH]c(=O)c2c1.[CH2-]CN(C[CH2-])c1ccc(C(=O)NC)nc1.[Mn+3]. The fourth-order valence-corrected chi connectivity index (χ4v) is 3.29. The van der Waals surface area contributed by atoms with Crippen LogP contribution in [0.25, 0.3) is 10.9 Å². The van der Waals surface area contributed by atoms with Crippen molar-refractivity contribution < 1.29 is 26.6 Å². The van der Waals surface area contributed by atoms with Crippen LogP contribution in [-0.2, 0) is 21.8 Å². The Balaban J connectivity index is 0.000000229. The molecule has 33 heavy (non-hydrogen) atoms. The average Bonchev–Trinajstić information content (AvgIpc) is 3.36. The normalized spacial score (nSPS) is 14.7. The van der Waals surface area contributed by atoms with Crippen molar-refractivity contribution in [2.24, 2.45) is 0 Å². The molecule has 0 radical (unpaired) electrons. The van der Waals surface area contributed by atoms with E-state index in [2.05, 4.69) is 34.1 Å². The Morgan fingerprint density at radius 2 is 2.06 bits per heavy atom. The third kappa shape index (κ3) is 6.63. The maximum absolute atomic E-state index is 11.9. The third-order valence-electron chi connectivity index (χ3n) is 5.09. The predicted molar refractivity (Wildman–Crippen MR) is 125 cm³/mol. The van der Waals surface area contributed by atoms with E-state index in [1.54, 1.807) is 19.3 Å². The molecule has 1 aliphatic heterocycles.